The van der Waals surface area contributed by atoms with Crippen LogP contribution in [-0.2, 0) is 5.41 Å². The Labute approximate surface area is 184 Å². The van der Waals surface area contributed by atoms with Crippen molar-refractivity contribution in [2.24, 2.45) is 5.92 Å². The van der Waals surface area contributed by atoms with Crippen molar-refractivity contribution < 1.29 is 4.74 Å². The number of rotatable bonds is 4. The molecule has 2 aliphatic rings. The van der Waals surface area contributed by atoms with Crippen molar-refractivity contribution in [3.63, 3.8) is 0 Å². The molecule has 0 fully saturated rings. The fourth-order valence-corrected chi connectivity index (χ4v) is 5.59. The average Bonchev–Trinajstić information content (AvgIpc) is 3.30. The van der Waals surface area contributed by atoms with Crippen LogP contribution in [0, 0.1) is 5.92 Å². The number of ether oxygens (including phenoxy) is 1. The van der Waals surface area contributed by atoms with E-state index in [2.05, 4.69) is 105 Å². The van der Waals surface area contributed by atoms with Crippen LogP contribution in [0.1, 0.15) is 42.5 Å². The molecule has 0 aliphatic heterocycles. The molecular formula is C30H26O. The Balaban J connectivity index is 1.72. The lowest BCUT2D eigenvalue weighted by atomic mass is 9.70. The van der Waals surface area contributed by atoms with Crippen molar-refractivity contribution in [1.29, 1.82) is 0 Å². The average molecular weight is 403 g/mol. The Morgan fingerprint density at radius 3 is 1.68 bits per heavy atom. The van der Waals surface area contributed by atoms with Gasteiger partial charge in [0, 0.05) is 5.56 Å². The molecule has 2 aliphatic carbocycles. The van der Waals surface area contributed by atoms with Gasteiger partial charge in [-0.3, -0.25) is 0 Å². The summed E-state index contributed by atoms with van der Waals surface area (Å²) >= 11 is 0. The van der Waals surface area contributed by atoms with Crippen molar-refractivity contribution in [2.75, 3.05) is 6.61 Å². The lowest BCUT2D eigenvalue weighted by molar-refractivity contribution is 0.253. The van der Waals surface area contributed by atoms with Gasteiger partial charge >= 0.3 is 0 Å². The van der Waals surface area contributed by atoms with Crippen molar-refractivity contribution in [2.45, 2.75) is 25.7 Å². The molecule has 0 saturated heterocycles. The zero-order valence-electron chi connectivity index (χ0n) is 18.1. The molecule has 6 rings (SSSR count). The fraction of sp³-hybridized carbons (Fsp3) is 0.200. The fourth-order valence-electron chi connectivity index (χ4n) is 5.59. The monoisotopic (exact) mass is 402 g/mol. The maximum atomic E-state index is 6.55. The van der Waals surface area contributed by atoms with Crippen LogP contribution in [0.4, 0.5) is 0 Å². The predicted molar refractivity (Wildman–Crippen MR) is 128 cm³/mol. The summed E-state index contributed by atoms with van der Waals surface area (Å²) in [6.07, 6.45) is 1.12. The highest BCUT2D eigenvalue weighted by molar-refractivity contribution is 5.96. The Kier molecular flexibility index (Phi) is 4.08. The van der Waals surface area contributed by atoms with Crippen molar-refractivity contribution in [3.05, 3.63) is 113 Å². The zero-order chi connectivity index (χ0) is 21.0. The molecule has 31 heavy (non-hydrogen) atoms. The topological polar surface area (TPSA) is 9.23 Å². The maximum absolute atomic E-state index is 6.55. The van der Waals surface area contributed by atoms with E-state index in [-0.39, 0.29) is 5.41 Å². The van der Waals surface area contributed by atoms with Crippen LogP contribution in [0.15, 0.2) is 91.0 Å². The first-order valence-electron chi connectivity index (χ1n) is 11.3. The molecule has 1 spiro atoms. The first-order valence-corrected chi connectivity index (χ1v) is 11.3. The van der Waals surface area contributed by atoms with E-state index in [1.54, 1.807) is 0 Å². The molecule has 4 aromatic rings. The van der Waals surface area contributed by atoms with Crippen LogP contribution in [0.25, 0.3) is 22.3 Å². The second-order valence-corrected chi connectivity index (χ2v) is 8.89. The quantitative estimate of drug-likeness (QED) is 0.297. The lowest BCUT2D eigenvalue weighted by Crippen LogP contribution is -2.27. The summed E-state index contributed by atoms with van der Waals surface area (Å²) in [6, 6.07) is 33.3. The molecule has 0 aromatic heterocycles. The first kappa shape index (κ1) is 18.4. The van der Waals surface area contributed by atoms with Gasteiger partial charge in [-0.2, -0.15) is 0 Å². The van der Waals surface area contributed by atoms with Gasteiger partial charge in [-0.1, -0.05) is 105 Å². The minimum Gasteiger partial charge on any atom is -0.493 e. The van der Waals surface area contributed by atoms with E-state index in [4.69, 9.17) is 4.74 Å². The van der Waals surface area contributed by atoms with Gasteiger partial charge in [-0.25, -0.2) is 0 Å². The summed E-state index contributed by atoms with van der Waals surface area (Å²) in [5.74, 6) is 1.54. The smallest absolute Gasteiger partial charge is 0.124 e. The molecule has 0 radical (unpaired) electrons. The van der Waals surface area contributed by atoms with Gasteiger partial charge in [0.1, 0.15) is 5.75 Å². The van der Waals surface area contributed by atoms with Gasteiger partial charge in [0.25, 0.3) is 0 Å². The van der Waals surface area contributed by atoms with Crippen molar-refractivity contribution >= 4 is 0 Å². The molecule has 0 heterocycles. The maximum Gasteiger partial charge on any atom is 0.124 e. The SMILES string of the molecule is CCC(C)COc1cccc2c1C1(c3ccccc3-c3ccccc31)c1ccccc1-2. The standard InChI is InChI=1S/C30H26O/c1-3-20(2)19-31-28-18-10-14-24-23-13-6-9-17-27(23)30(29(24)28)25-15-7-4-11-21(25)22-12-5-8-16-26(22)30/h4-18,20H,3,19H2,1-2H3. The molecule has 1 heteroatoms. The Bertz CT molecular complexity index is 1240. The third-order valence-electron chi connectivity index (χ3n) is 7.20. The summed E-state index contributed by atoms with van der Waals surface area (Å²) in [6.45, 7) is 5.22. The highest BCUT2D eigenvalue weighted by Crippen LogP contribution is 2.64. The van der Waals surface area contributed by atoms with Gasteiger partial charge in [-0.15, -0.1) is 0 Å². The Morgan fingerprint density at radius 2 is 1.13 bits per heavy atom. The number of fused-ring (bicyclic) bond motifs is 10. The number of hydrogen-bond acceptors (Lipinski definition) is 1. The van der Waals surface area contributed by atoms with Crippen molar-refractivity contribution in [3.8, 4) is 28.0 Å². The van der Waals surface area contributed by atoms with Crippen LogP contribution in [-0.4, -0.2) is 6.61 Å². The molecule has 4 aromatic carbocycles. The van der Waals surface area contributed by atoms with E-state index in [1.807, 2.05) is 0 Å². The molecule has 1 unspecified atom stereocenters. The number of hydrogen-bond donors (Lipinski definition) is 0. The van der Waals surface area contributed by atoms with Crippen LogP contribution >= 0.6 is 0 Å². The summed E-state index contributed by atoms with van der Waals surface area (Å²) in [4.78, 5) is 0. The summed E-state index contributed by atoms with van der Waals surface area (Å²) in [5.41, 5.74) is 10.3. The third kappa shape index (κ3) is 2.38. The molecular weight excluding hydrogens is 376 g/mol. The van der Waals surface area contributed by atoms with Gasteiger partial charge in [0.05, 0.1) is 12.0 Å². The number of benzene rings is 4. The molecule has 0 saturated carbocycles. The van der Waals surface area contributed by atoms with Gasteiger partial charge in [0.15, 0.2) is 0 Å². The molecule has 1 nitrogen and oxygen atoms in total. The minimum absolute atomic E-state index is 0.328. The minimum atomic E-state index is -0.328. The van der Waals surface area contributed by atoms with Gasteiger partial charge in [0.2, 0.25) is 0 Å². The summed E-state index contributed by atoms with van der Waals surface area (Å²) in [5, 5.41) is 0. The first-order chi connectivity index (χ1) is 15.3. The van der Waals surface area contributed by atoms with E-state index in [1.165, 1.54) is 44.5 Å². The van der Waals surface area contributed by atoms with Crippen molar-refractivity contribution in [1.82, 2.24) is 0 Å². The molecule has 0 N–H and O–H groups in total. The Hall–Kier alpha value is -3.32. The highest BCUT2D eigenvalue weighted by Gasteiger charge is 2.53. The molecule has 0 bridgehead atoms. The van der Waals surface area contributed by atoms with Gasteiger partial charge < -0.3 is 4.74 Å². The van der Waals surface area contributed by atoms with E-state index in [0.29, 0.717) is 5.92 Å². The lowest BCUT2D eigenvalue weighted by Gasteiger charge is -2.31. The van der Waals surface area contributed by atoms with E-state index >= 15 is 0 Å². The highest BCUT2D eigenvalue weighted by atomic mass is 16.5. The summed E-state index contributed by atoms with van der Waals surface area (Å²) in [7, 11) is 0. The van der Waals surface area contributed by atoms with Gasteiger partial charge in [-0.05, 0) is 50.9 Å². The zero-order valence-corrected chi connectivity index (χ0v) is 18.1. The predicted octanol–water partition coefficient (Wildman–Crippen LogP) is 7.46. The molecule has 152 valence electrons. The Morgan fingerprint density at radius 1 is 0.645 bits per heavy atom. The molecule has 0 amide bonds. The second kappa shape index (κ2) is 6.85. The van der Waals surface area contributed by atoms with Crippen LogP contribution in [0.3, 0.4) is 0 Å². The normalized spacial score (nSPS) is 15.2. The van der Waals surface area contributed by atoms with Crippen LogP contribution in [0.5, 0.6) is 5.75 Å². The van der Waals surface area contributed by atoms with Crippen LogP contribution < -0.4 is 4.74 Å². The molecule has 1 atom stereocenters. The summed E-state index contributed by atoms with van der Waals surface area (Å²) < 4.78 is 6.55. The van der Waals surface area contributed by atoms with E-state index in [9.17, 15) is 0 Å². The largest absolute Gasteiger partial charge is 0.493 e. The second-order valence-electron chi connectivity index (χ2n) is 8.89. The van der Waals surface area contributed by atoms with E-state index < -0.39 is 0 Å². The third-order valence-corrected chi connectivity index (χ3v) is 7.20. The van der Waals surface area contributed by atoms with Crippen LogP contribution in [0.2, 0.25) is 0 Å². The van der Waals surface area contributed by atoms with E-state index in [0.717, 1.165) is 18.8 Å².